The minimum atomic E-state index is -0.990. The third-order valence-electron chi connectivity index (χ3n) is 2.49. The Morgan fingerprint density at radius 1 is 1.47 bits per heavy atom. The quantitative estimate of drug-likeness (QED) is 0.754. The highest BCUT2D eigenvalue weighted by atomic mass is 16.5. The Balaban J connectivity index is 2.90. The molecule has 0 saturated heterocycles. The summed E-state index contributed by atoms with van der Waals surface area (Å²) in [5.41, 5.74) is 7.20. The maximum atomic E-state index is 11.1. The van der Waals surface area contributed by atoms with E-state index in [1.165, 1.54) is 13.2 Å². The van der Waals surface area contributed by atoms with E-state index in [2.05, 4.69) is 4.74 Å². The van der Waals surface area contributed by atoms with Crippen LogP contribution in [0.1, 0.15) is 21.5 Å². The van der Waals surface area contributed by atoms with Crippen molar-refractivity contribution < 1.29 is 19.4 Å². The largest absolute Gasteiger partial charge is 0.478 e. The molecule has 0 spiro atoms. The van der Waals surface area contributed by atoms with Crippen LogP contribution in [0.25, 0.3) is 0 Å². The van der Waals surface area contributed by atoms with E-state index in [-0.39, 0.29) is 12.0 Å². The molecule has 1 rings (SSSR count). The number of hydrogen-bond donors (Lipinski definition) is 2. The second kappa shape index (κ2) is 5.45. The van der Waals surface area contributed by atoms with Crippen LogP contribution in [0.5, 0.6) is 0 Å². The summed E-state index contributed by atoms with van der Waals surface area (Å²) in [5.74, 6) is -1.50. The fraction of sp³-hybridized carbons (Fsp3) is 0.333. The van der Waals surface area contributed by atoms with Crippen molar-refractivity contribution in [3.05, 3.63) is 34.9 Å². The summed E-state index contributed by atoms with van der Waals surface area (Å²) in [6, 6.07) is 4.21. The molecule has 5 nitrogen and oxygen atoms in total. The molecule has 3 N–H and O–H groups in total. The molecular formula is C12H15NO4. The number of carboxylic acid groups (broad SMARTS) is 1. The first kappa shape index (κ1) is 13.2. The molecule has 0 heterocycles. The van der Waals surface area contributed by atoms with Crippen molar-refractivity contribution in [2.24, 2.45) is 5.73 Å². The van der Waals surface area contributed by atoms with Gasteiger partial charge in [-0.1, -0.05) is 12.1 Å². The molecule has 0 amide bonds. The topological polar surface area (TPSA) is 89.6 Å². The first-order valence-corrected chi connectivity index (χ1v) is 5.12. The van der Waals surface area contributed by atoms with Crippen molar-refractivity contribution in [2.45, 2.75) is 19.4 Å². The Morgan fingerprint density at radius 2 is 2.12 bits per heavy atom. The van der Waals surface area contributed by atoms with Crippen molar-refractivity contribution in [2.75, 3.05) is 7.11 Å². The van der Waals surface area contributed by atoms with Gasteiger partial charge in [0, 0.05) is 0 Å². The van der Waals surface area contributed by atoms with Gasteiger partial charge in [0.15, 0.2) is 0 Å². The Morgan fingerprint density at radius 3 is 2.65 bits per heavy atom. The zero-order valence-corrected chi connectivity index (χ0v) is 9.77. The predicted molar refractivity (Wildman–Crippen MR) is 61.8 cm³/mol. The minimum absolute atomic E-state index is 0.222. The highest BCUT2D eigenvalue weighted by Gasteiger charge is 2.15. The van der Waals surface area contributed by atoms with E-state index in [9.17, 15) is 9.59 Å². The maximum Gasteiger partial charge on any atom is 0.335 e. The highest BCUT2D eigenvalue weighted by molar-refractivity contribution is 5.89. The van der Waals surface area contributed by atoms with Gasteiger partial charge in [0.2, 0.25) is 0 Å². The number of nitrogens with two attached hydrogens (primary N) is 1. The lowest BCUT2D eigenvalue weighted by molar-refractivity contribution is -0.142. The summed E-state index contributed by atoms with van der Waals surface area (Å²) >= 11 is 0. The van der Waals surface area contributed by atoms with E-state index in [1.807, 2.05) is 0 Å². The highest BCUT2D eigenvalue weighted by Crippen LogP contribution is 2.12. The van der Waals surface area contributed by atoms with Gasteiger partial charge in [0.25, 0.3) is 0 Å². The number of carbonyl (C=O) groups excluding carboxylic acids is 1. The molecule has 0 saturated carbocycles. The lowest BCUT2D eigenvalue weighted by Gasteiger charge is -2.10. The number of esters is 1. The maximum absolute atomic E-state index is 11.1. The SMILES string of the molecule is COC(=O)[C@H](N)Cc1ccc(C)c(C(=O)O)c1. The van der Waals surface area contributed by atoms with Crippen molar-refractivity contribution in [1.82, 2.24) is 0 Å². The summed E-state index contributed by atoms with van der Waals surface area (Å²) in [7, 11) is 1.26. The van der Waals surface area contributed by atoms with Gasteiger partial charge < -0.3 is 15.6 Å². The fourth-order valence-electron chi connectivity index (χ4n) is 1.52. The summed E-state index contributed by atoms with van der Waals surface area (Å²) in [5, 5.41) is 8.96. The minimum Gasteiger partial charge on any atom is -0.478 e. The summed E-state index contributed by atoms with van der Waals surface area (Å²) in [6.07, 6.45) is 0.257. The van der Waals surface area contributed by atoms with Crippen LogP contribution in [-0.2, 0) is 16.0 Å². The molecule has 0 bridgehead atoms. The van der Waals surface area contributed by atoms with Gasteiger partial charge >= 0.3 is 11.9 Å². The smallest absolute Gasteiger partial charge is 0.335 e. The van der Waals surface area contributed by atoms with Gasteiger partial charge in [-0.25, -0.2) is 4.79 Å². The molecule has 0 unspecified atom stereocenters. The Hall–Kier alpha value is -1.88. The fourth-order valence-corrected chi connectivity index (χ4v) is 1.52. The van der Waals surface area contributed by atoms with E-state index >= 15 is 0 Å². The molecule has 0 aliphatic heterocycles. The summed E-state index contributed by atoms with van der Waals surface area (Å²) in [4.78, 5) is 22.1. The second-order valence-corrected chi connectivity index (χ2v) is 3.79. The molecular weight excluding hydrogens is 222 g/mol. The van der Waals surface area contributed by atoms with Gasteiger partial charge in [-0.15, -0.1) is 0 Å². The van der Waals surface area contributed by atoms with Crippen LogP contribution in [0.3, 0.4) is 0 Å². The normalized spacial score (nSPS) is 11.9. The molecule has 1 aromatic carbocycles. The van der Waals surface area contributed by atoms with Crippen molar-refractivity contribution in [3.63, 3.8) is 0 Å². The van der Waals surface area contributed by atoms with E-state index < -0.39 is 18.0 Å². The zero-order chi connectivity index (χ0) is 13.0. The number of hydrogen-bond acceptors (Lipinski definition) is 4. The molecule has 0 aliphatic carbocycles. The number of carboxylic acids is 1. The van der Waals surface area contributed by atoms with E-state index in [0.717, 1.165) is 0 Å². The lowest BCUT2D eigenvalue weighted by atomic mass is 10.0. The van der Waals surface area contributed by atoms with Crippen LogP contribution in [0.15, 0.2) is 18.2 Å². The van der Waals surface area contributed by atoms with E-state index in [1.54, 1.807) is 19.1 Å². The summed E-state index contributed by atoms with van der Waals surface area (Å²) in [6.45, 7) is 1.72. The monoisotopic (exact) mass is 237 g/mol. The molecule has 92 valence electrons. The van der Waals surface area contributed by atoms with Gasteiger partial charge in [0.1, 0.15) is 6.04 Å². The van der Waals surface area contributed by atoms with Gasteiger partial charge in [-0.3, -0.25) is 4.79 Å². The number of aromatic carboxylic acids is 1. The first-order valence-electron chi connectivity index (χ1n) is 5.12. The molecule has 0 aromatic heterocycles. The van der Waals surface area contributed by atoms with Crippen LogP contribution in [0, 0.1) is 6.92 Å². The number of carbonyl (C=O) groups is 2. The van der Waals surface area contributed by atoms with Crippen molar-refractivity contribution in [3.8, 4) is 0 Å². The third kappa shape index (κ3) is 3.29. The average molecular weight is 237 g/mol. The Bertz CT molecular complexity index is 442. The van der Waals surface area contributed by atoms with Crippen molar-refractivity contribution >= 4 is 11.9 Å². The number of ether oxygens (including phenoxy) is 1. The van der Waals surface area contributed by atoms with Crippen LogP contribution < -0.4 is 5.73 Å². The zero-order valence-electron chi connectivity index (χ0n) is 9.77. The molecule has 1 aromatic rings. The second-order valence-electron chi connectivity index (χ2n) is 3.79. The molecule has 0 aliphatic rings. The third-order valence-corrected chi connectivity index (χ3v) is 2.49. The number of rotatable bonds is 4. The standard InChI is InChI=1S/C12H15NO4/c1-7-3-4-8(5-9(7)11(14)15)6-10(13)12(16)17-2/h3-5,10H,6,13H2,1-2H3,(H,14,15)/t10-/m1/s1. The molecule has 17 heavy (non-hydrogen) atoms. The molecule has 5 heteroatoms. The van der Waals surface area contributed by atoms with Gasteiger partial charge in [0.05, 0.1) is 12.7 Å². The molecule has 0 fully saturated rings. The number of methoxy groups -OCH3 is 1. The van der Waals surface area contributed by atoms with Crippen LogP contribution in [0.2, 0.25) is 0 Å². The Kier molecular flexibility index (Phi) is 4.23. The van der Waals surface area contributed by atoms with Crippen LogP contribution >= 0.6 is 0 Å². The van der Waals surface area contributed by atoms with Gasteiger partial charge in [-0.05, 0) is 30.5 Å². The average Bonchev–Trinajstić information content (AvgIpc) is 2.30. The number of aryl methyl sites for hydroxylation is 1. The van der Waals surface area contributed by atoms with Crippen LogP contribution in [-0.4, -0.2) is 30.2 Å². The molecule has 0 radical (unpaired) electrons. The van der Waals surface area contributed by atoms with E-state index in [4.69, 9.17) is 10.8 Å². The lowest BCUT2D eigenvalue weighted by Crippen LogP contribution is -2.33. The molecule has 1 atom stereocenters. The summed E-state index contributed by atoms with van der Waals surface area (Å²) < 4.78 is 4.51. The van der Waals surface area contributed by atoms with Gasteiger partial charge in [-0.2, -0.15) is 0 Å². The Labute approximate surface area is 99.2 Å². The van der Waals surface area contributed by atoms with E-state index in [0.29, 0.717) is 11.1 Å². The first-order chi connectivity index (χ1) is 7.95. The predicted octanol–water partition coefficient (Wildman–Crippen LogP) is 0.736. The van der Waals surface area contributed by atoms with Crippen LogP contribution in [0.4, 0.5) is 0 Å². The van der Waals surface area contributed by atoms with Crippen molar-refractivity contribution in [1.29, 1.82) is 0 Å². The number of benzene rings is 1.